The first-order valence-corrected chi connectivity index (χ1v) is 8.30. The van der Waals surface area contributed by atoms with Gasteiger partial charge in [-0.1, -0.05) is 13.0 Å². The molecule has 2 rings (SSSR count). The number of aliphatic hydroxyl groups excluding tert-OH is 1. The molecule has 1 heterocycles. The molecule has 2 atom stereocenters. The zero-order valence-corrected chi connectivity index (χ0v) is 13.3. The Labute approximate surface area is 122 Å². The standard InChI is InChI=1S/C14H20BrNOS/c1-3-12-9-16(6-7-18-12)14-5-4-11(10(2)17)8-13(14)15/h4-5,8,10,12,17H,3,6-7,9H2,1-2H3/t10-,12?/m0/s1. The third-order valence-corrected chi connectivity index (χ3v) is 5.40. The van der Waals surface area contributed by atoms with Gasteiger partial charge in [-0.3, -0.25) is 0 Å². The van der Waals surface area contributed by atoms with Gasteiger partial charge in [0.25, 0.3) is 0 Å². The fourth-order valence-corrected chi connectivity index (χ4v) is 4.05. The number of rotatable bonds is 3. The van der Waals surface area contributed by atoms with Crippen LogP contribution in [0.1, 0.15) is 31.9 Å². The number of nitrogens with zero attached hydrogens (tertiary/aromatic N) is 1. The summed E-state index contributed by atoms with van der Waals surface area (Å²) in [6.45, 7) is 6.28. The van der Waals surface area contributed by atoms with E-state index in [0.29, 0.717) is 0 Å². The molecular weight excluding hydrogens is 310 g/mol. The van der Waals surface area contributed by atoms with Crippen LogP contribution < -0.4 is 4.90 Å². The van der Waals surface area contributed by atoms with Crippen LogP contribution in [0.4, 0.5) is 5.69 Å². The molecule has 0 aromatic heterocycles. The minimum Gasteiger partial charge on any atom is -0.389 e. The maximum Gasteiger partial charge on any atom is 0.0762 e. The van der Waals surface area contributed by atoms with Crippen molar-refractivity contribution in [2.75, 3.05) is 23.7 Å². The van der Waals surface area contributed by atoms with E-state index in [4.69, 9.17) is 0 Å². The molecule has 0 spiro atoms. The van der Waals surface area contributed by atoms with E-state index in [0.717, 1.165) is 28.4 Å². The highest BCUT2D eigenvalue weighted by Crippen LogP contribution is 2.32. The molecule has 1 aromatic rings. The Balaban J connectivity index is 2.17. The number of hydrogen-bond donors (Lipinski definition) is 1. The summed E-state index contributed by atoms with van der Waals surface area (Å²) in [5, 5.41) is 10.3. The lowest BCUT2D eigenvalue weighted by Crippen LogP contribution is -2.37. The zero-order chi connectivity index (χ0) is 13.1. The summed E-state index contributed by atoms with van der Waals surface area (Å²) in [5.41, 5.74) is 2.21. The molecule has 1 saturated heterocycles. The van der Waals surface area contributed by atoms with Crippen LogP contribution >= 0.6 is 27.7 Å². The Morgan fingerprint density at radius 3 is 2.94 bits per heavy atom. The largest absolute Gasteiger partial charge is 0.389 e. The van der Waals surface area contributed by atoms with E-state index in [1.807, 2.05) is 12.1 Å². The van der Waals surface area contributed by atoms with Crippen LogP contribution in [-0.4, -0.2) is 29.2 Å². The second kappa shape index (κ2) is 6.31. The van der Waals surface area contributed by atoms with Crippen molar-refractivity contribution in [3.8, 4) is 0 Å². The van der Waals surface area contributed by atoms with E-state index in [1.165, 1.54) is 17.9 Å². The minimum absolute atomic E-state index is 0.407. The topological polar surface area (TPSA) is 23.5 Å². The normalized spacial score (nSPS) is 22.0. The van der Waals surface area contributed by atoms with E-state index in [2.05, 4.69) is 45.6 Å². The van der Waals surface area contributed by atoms with Crippen LogP contribution in [0.3, 0.4) is 0 Å². The Kier molecular flexibility index (Phi) is 4.98. The van der Waals surface area contributed by atoms with Gasteiger partial charge in [0.1, 0.15) is 0 Å². The van der Waals surface area contributed by atoms with Crippen LogP contribution in [0.5, 0.6) is 0 Å². The van der Waals surface area contributed by atoms with Crippen LogP contribution in [0.2, 0.25) is 0 Å². The lowest BCUT2D eigenvalue weighted by atomic mass is 10.1. The Hall–Kier alpha value is -0.190. The van der Waals surface area contributed by atoms with Crippen molar-refractivity contribution in [3.63, 3.8) is 0 Å². The lowest BCUT2D eigenvalue weighted by Gasteiger charge is -2.34. The van der Waals surface area contributed by atoms with E-state index in [-0.39, 0.29) is 0 Å². The van der Waals surface area contributed by atoms with Crippen LogP contribution in [-0.2, 0) is 0 Å². The van der Waals surface area contributed by atoms with Gasteiger partial charge in [-0.25, -0.2) is 0 Å². The predicted octanol–water partition coefficient (Wildman–Crippen LogP) is 3.83. The Bertz CT molecular complexity index is 411. The quantitative estimate of drug-likeness (QED) is 0.911. The molecule has 1 fully saturated rings. The molecule has 1 aliphatic heterocycles. The highest BCUT2D eigenvalue weighted by Gasteiger charge is 2.20. The Morgan fingerprint density at radius 2 is 2.33 bits per heavy atom. The van der Waals surface area contributed by atoms with Gasteiger partial charge < -0.3 is 10.0 Å². The molecule has 1 N–H and O–H groups in total. The third-order valence-electron chi connectivity index (χ3n) is 3.39. The first-order valence-electron chi connectivity index (χ1n) is 6.46. The van der Waals surface area contributed by atoms with Gasteiger partial charge in [-0.15, -0.1) is 0 Å². The third kappa shape index (κ3) is 3.22. The first-order chi connectivity index (χ1) is 8.61. The number of hydrogen-bond acceptors (Lipinski definition) is 3. The van der Waals surface area contributed by atoms with Gasteiger partial charge in [-0.2, -0.15) is 11.8 Å². The van der Waals surface area contributed by atoms with Gasteiger partial charge in [0, 0.05) is 28.6 Å². The smallest absolute Gasteiger partial charge is 0.0762 e. The van der Waals surface area contributed by atoms with Crippen molar-refractivity contribution >= 4 is 33.4 Å². The lowest BCUT2D eigenvalue weighted by molar-refractivity contribution is 0.199. The first kappa shape index (κ1) is 14.2. The summed E-state index contributed by atoms with van der Waals surface area (Å²) in [4.78, 5) is 2.45. The predicted molar refractivity (Wildman–Crippen MR) is 83.5 cm³/mol. The molecule has 2 nitrogen and oxygen atoms in total. The van der Waals surface area contributed by atoms with Crippen LogP contribution in [0.15, 0.2) is 22.7 Å². The maximum absolute atomic E-state index is 9.59. The number of halogens is 1. The van der Waals surface area contributed by atoms with Crippen molar-refractivity contribution in [2.24, 2.45) is 0 Å². The molecule has 0 radical (unpaired) electrons. The SMILES string of the molecule is CCC1CN(c2ccc([C@H](C)O)cc2Br)CCS1. The molecule has 0 aliphatic carbocycles. The second-order valence-electron chi connectivity index (χ2n) is 4.73. The fraction of sp³-hybridized carbons (Fsp3) is 0.571. The number of benzene rings is 1. The zero-order valence-electron chi connectivity index (χ0n) is 10.9. The van der Waals surface area contributed by atoms with Crippen molar-refractivity contribution in [1.29, 1.82) is 0 Å². The molecule has 1 aliphatic rings. The Morgan fingerprint density at radius 1 is 1.56 bits per heavy atom. The van der Waals surface area contributed by atoms with Crippen molar-refractivity contribution < 1.29 is 5.11 Å². The van der Waals surface area contributed by atoms with Gasteiger partial charge in [-0.05, 0) is 47.0 Å². The second-order valence-corrected chi connectivity index (χ2v) is 7.00. The summed E-state index contributed by atoms with van der Waals surface area (Å²) in [5.74, 6) is 1.20. The summed E-state index contributed by atoms with van der Waals surface area (Å²) in [7, 11) is 0. The molecule has 100 valence electrons. The van der Waals surface area contributed by atoms with E-state index in [1.54, 1.807) is 6.92 Å². The highest BCUT2D eigenvalue weighted by molar-refractivity contribution is 9.10. The molecule has 0 amide bonds. The molecule has 1 unspecified atom stereocenters. The van der Waals surface area contributed by atoms with E-state index in [9.17, 15) is 5.11 Å². The van der Waals surface area contributed by atoms with Crippen molar-refractivity contribution in [1.82, 2.24) is 0 Å². The van der Waals surface area contributed by atoms with E-state index < -0.39 is 6.10 Å². The van der Waals surface area contributed by atoms with E-state index >= 15 is 0 Å². The number of aliphatic hydroxyl groups is 1. The van der Waals surface area contributed by atoms with Crippen molar-refractivity contribution in [2.45, 2.75) is 31.6 Å². The summed E-state index contributed by atoms with van der Waals surface area (Å²) < 4.78 is 1.09. The number of anilines is 1. The average molecular weight is 330 g/mol. The van der Waals surface area contributed by atoms with Gasteiger partial charge in [0.2, 0.25) is 0 Å². The van der Waals surface area contributed by atoms with Crippen molar-refractivity contribution in [3.05, 3.63) is 28.2 Å². The molecule has 4 heteroatoms. The summed E-state index contributed by atoms with van der Waals surface area (Å²) in [6, 6.07) is 6.17. The van der Waals surface area contributed by atoms with Crippen LogP contribution in [0, 0.1) is 0 Å². The van der Waals surface area contributed by atoms with Gasteiger partial charge in [0.15, 0.2) is 0 Å². The highest BCUT2D eigenvalue weighted by atomic mass is 79.9. The van der Waals surface area contributed by atoms with Gasteiger partial charge >= 0.3 is 0 Å². The summed E-state index contributed by atoms with van der Waals surface area (Å²) >= 11 is 5.71. The average Bonchev–Trinajstić information content (AvgIpc) is 2.38. The fourth-order valence-electron chi connectivity index (χ4n) is 2.22. The molecule has 0 saturated carbocycles. The molecule has 1 aromatic carbocycles. The van der Waals surface area contributed by atoms with Crippen LogP contribution in [0.25, 0.3) is 0 Å². The monoisotopic (exact) mass is 329 g/mol. The van der Waals surface area contributed by atoms with Gasteiger partial charge in [0.05, 0.1) is 11.8 Å². The molecule has 18 heavy (non-hydrogen) atoms. The molecular formula is C14H20BrNOS. The molecule has 0 bridgehead atoms. The maximum atomic E-state index is 9.59. The number of thioether (sulfide) groups is 1. The minimum atomic E-state index is -0.407. The summed E-state index contributed by atoms with van der Waals surface area (Å²) in [6.07, 6.45) is 0.820.